The fraction of sp³-hybridized carbons (Fsp3) is 0.579. The van der Waals surface area contributed by atoms with Gasteiger partial charge in [-0.25, -0.2) is 9.18 Å². The lowest BCUT2D eigenvalue weighted by Gasteiger charge is -2.37. The number of nitrogens with one attached hydrogen (secondary N) is 1. The summed E-state index contributed by atoms with van der Waals surface area (Å²) < 4.78 is 23.8. The summed E-state index contributed by atoms with van der Waals surface area (Å²) in [6.07, 6.45) is 0.0126. The molecule has 1 heterocycles. The molecule has 7 heteroatoms. The maximum atomic E-state index is 13.4. The van der Waals surface area contributed by atoms with Gasteiger partial charge in [0, 0.05) is 25.3 Å². The van der Waals surface area contributed by atoms with Crippen molar-refractivity contribution in [3.05, 3.63) is 29.6 Å². The van der Waals surface area contributed by atoms with Crippen LogP contribution in [0.4, 0.5) is 10.1 Å². The van der Waals surface area contributed by atoms with Crippen molar-refractivity contribution in [1.29, 1.82) is 0 Å². The fourth-order valence-corrected chi connectivity index (χ4v) is 2.87. The summed E-state index contributed by atoms with van der Waals surface area (Å²) in [7, 11) is 0. The summed E-state index contributed by atoms with van der Waals surface area (Å²) in [5.74, 6) is -1.12. The van der Waals surface area contributed by atoms with Crippen molar-refractivity contribution in [3.8, 4) is 0 Å². The van der Waals surface area contributed by atoms with Crippen LogP contribution in [-0.4, -0.2) is 49.8 Å². The zero-order valence-corrected chi connectivity index (χ0v) is 15.8. The van der Waals surface area contributed by atoms with E-state index in [4.69, 9.17) is 9.47 Å². The van der Waals surface area contributed by atoms with Crippen molar-refractivity contribution in [1.82, 2.24) is 5.32 Å². The molecule has 1 aliphatic heterocycles. The highest BCUT2D eigenvalue weighted by atomic mass is 19.1. The van der Waals surface area contributed by atoms with Gasteiger partial charge in [-0.05, 0) is 51.5 Å². The molecule has 1 aromatic rings. The highest BCUT2D eigenvalue weighted by molar-refractivity contribution is 5.81. The maximum Gasteiger partial charge on any atom is 0.330 e. The number of rotatable bonds is 5. The third-order valence-corrected chi connectivity index (χ3v) is 3.95. The standard InChI is InChI=1S/C19H27FN2O4/c1-13-11-14(20)5-6-15(13)22-9-8-21-12-16(22)18(24)25-10-7-17(23)26-19(2,3)4/h5-6,11,16,21H,7-10,12H2,1-4H3/t16-/m0/s1. The molecule has 1 aromatic carbocycles. The number of benzene rings is 1. The highest BCUT2D eigenvalue weighted by Crippen LogP contribution is 2.24. The Balaban J connectivity index is 1.96. The van der Waals surface area contributed by atoms with Gasteiger partial charge < -0.3 is 19.7 Å². The number of carbonyl (C=O) groups is 2. The first kappa shape index (κ1) is 20.2. The molecule has 6 nitrogen and oxygen atoms in total. The van der Waals surface area contributed by atoms with E-state index in [0.717, 1.165) is 17.8 Å². The van der Waals surface area contributed by atoms with Gasteiger partial charge in [-0.15, -0.1) is 0 Å². The maximum absolute atomic E-state index is 13.4. The van der Waals surface area contributed by atoms with E-state index in [1.807, 2.05) is 11.8 Å². The lowest BCUT2D eigenvalue weighted by molar-refractivity contribution is -0.157. The van der Waals surface area contributed by atoms with Crippen LogP contribution in [0.25, 0.3) is 0 Å². The number of piperazine rings is 1. The Morgan fingerprint density at radius 2 is 2.08 bits per heavy atom. The first-order valence-electron chi connectivity index (χ1n) is 8.79. The van der Waals surface area contributed by atoms with Gasteiger partial charge in [-0.3, -0.25) is 4.79 Å². The van der Waals surface area contributed by atoms with Gasteiger partial charge in [-0.2, -0.15) is 0 Å². The Bertz CT molecular complexity index is 657. The molecule has 1 saturated heterocycles. The van der Waals surface area contributed by atoms with E-state index < -0.39 is 23.6 Å². The summed E-state index contributed by atoms with van der Waals surface area (Å²) in [6, 6.07) is 3.99. The van der Waals surface area contributed by atoms with Gasteiger partial charge in [0.25, 0.3) is 0 Å². The van der Waals surface area contributed by atoms with Crippen LogP contribution < -0.4 is 10.2 Å². The summed E-state index contributed by atoms with van der Waals surface area (Å²) in [5.41, 5.74) is 1.01. The number of aryl methyl sites for hydroxylation is 1. The number of carbonyl (C=O) groups excluding carboxylic acids is 2. The second kappa shape index (κ2) is 8.49. The van der Waals surface area contributed by atoms with Crippen molar-refractivity contribution >= 4 is 17.6 Å². The SMILES string of the molecule is Cc1cc(F)ccc1N1CCNC[C@H]1C(=O)OCCC(=O)OC(C)(C)C. The summed E-state index contributed by atoms with van der Waals surface area (Å²) in [5, 5.41) is 3.17. The van der Waals surface area contributed by atoms with Gasteiger partial charge in [0.2, 0.25) is 0 Å². The minimum Gasteiger partial charge on any atom is -0.464 e. The lowest BCUT2D eigenvalue weighted by Crippen LogP contribution is -2.56. The lowest BCUT2D eigenvalue weighted by atomic mass is 10.1. The second-order valence-corrected chi connectivity index (χ2v) is 7.35. The van der Waals surface area contributed by atoms with E-state index >= 15 is 0 Å². The fourth-order valence-electron chi connectivity index (χ4n) is 2.87. The third-order valence-electron chi connectivity index (χ3n) is 3.95. The molecule has 0 amide bonds. The van der Waals surface area contributed by atoms with E-state index in [1.165, 1.54) is 12.1 Å². The van der Waals surface area contributed by atoms with Crippen LogP contribution >= 0.6 is 0 Å². The molecule has 2 rings (SSSR count). The number of ether oxygens (including phenoxy) is 2. The second-order valence-electron chi connectivity index (χ2n) is 7.35. The molecule has 0 unspecified atom stereocenters. The molecule has 1 aliphatic rings. The quantitative estimate of drug-likeness (QED) is 0.806. The highest BCUT2D eigenvalue weighted by Gasteiger charge is 2.31. The summed E-state index contributed by atoms with van der Waals surface area (Å²) in [4.78, 5) is 26.1. The smallest absolute Gasteiger partial charge is 0.330 e. The zero-order valence-electron chi connectivity index (χ0n) is 15.8. The first-order chi connectivity index (χ1) is 12.2. The van der Waals surface area contributed by atoms with Gasteiger partial charge in [0.15, 0.2) is 0 Å². The van der Waals surface area contributed by atoms with Gasteiger partial charge >= 0.3 is 11.9 Å². The number of nitrogens with zero attached hydrogens (tertiary/aromatic N) is 1. The summed E-state index contributed by atoms with van der Waals surface area (Å²) in [6.45, 7) is 8.90. The average molecular weight is 366 g/mol. The first-order valence-corrected chi connectivity index (χ1v) is 8.79. The Morgan fingerprint density at radius 1 is 1.35 bits per heavy atom. The van der Waals surface area contributed by atoms with Crippen LogP contribution in [0, 0.1) is 12.7 Å². The minimum atomic E-state index is -0.564. The van der Waals surface area contributed by atoms with Gasteiger partial charge in [0.1, 0.15) is 24.1 Å². The normalized spacial score (nSPS) is 17.7. The Morgan fingerprint density at radius 3 is 2.73 bits per heavy atom. The number of anilines is 1. The molecular weight excluding hydrogens is 339 g/mol. The minimum absolute atomic E-state index is 0.0126. The van der Waals surface area contributed by atoms with Crippen molar-refractivity contribution in [2.45, 2.75) is 45.8 Å². The van der Waals surface area contributed by atoms with Crippen LogP contribution in [0.2, 0.25) is 0 Å². The molecule has 1 N–H and O–H groups in total. The largest absolute Gasteiger partial charge is 0.464 e. The van der Waals surface area contributed by atoms with Crippen molar-refractivity contribution in [3.63, 3.8) is 0 Å². The molecule has 0 saturated carbocycles. The molecule has 0 spiro atoms. The molecular formula is C19H27FN2O4. The topological polar surface area (TPSA) is 67.9 Å². The molecule has 0 radical (unpaired) electrons. The Kier molecular flexibility index (Phi) is 6.58. The number of halogens is 1. The zero-order chi connectivity index (χ0) is 19.3. The van der Waals surface area contributed by atoms with Crippen LogP contribution in [0.3, 0.4) is 0 Å². The monoisotopic (exact) mass is 366 g/mol. The van der Waals surface area contributed by atoms with Gasteiger partial charge in [-0.1, -0.05) is 0 Å². The van der Waals surface area contributed by atoms with Gasteiger partial charge in [0.05, 0.1) is 6.42 Å². The number of hydrogen-bond acceptors (Lipinski definition) is 6. The average Bonchev–Trinajstić information content (AvgIpc) is 2.53. The van der Waals surface area contributed by atoms with Crippen molar-refractivity contribution < 1.29 is 23.5 Å². The number of hydrogen-bond donors (Lipinski definition) is 1. The third kappa shape index (κ3) is 5.69. The van der Waals surface area contributed by atoms with Crippen LogP contribution in [-0.2, 0) is 19.1 Å². The summed E-state index contributed by atoms with van der Waals surface area (Å²) >= 11 is 0. The van der Waals surface area contributed by atoms with E-state index in [-0.39, 0.29) is 18.8 Å². The number of esters is 2. The van der Waals surface area contributed by atoms with Crippen molar-refractivity contribution in [2.24, 2.45) is 0 Å². The molecule has 1 fully saturated rings. The molecule has 144 valence electrons. The van der Waals surface area contributed by atoms with E-state index in [1.54, 1.807) is 26.8 Å². The molecule has 0 aromatic heterocycles. The van der Waals surface area contributed by atoms with Crippen molar-refractivity contribution in [2.75, 3.05) is 31.1 Å². The molecule has 26 heavy (non-hydrogen) atoms. The predicted octanol–water partition coefficient (Wildman–Crippen LogP) is 2.19. The van der Waals surface area contributed by atoms with E-state index in [9.17, 15) is 14.0 Å². The van der Waals surface area contributed by atoms with Crippen LogP contribution in [0.5, 0.6) is 0 Å². The van der Waals surface area contributed by atoms with E-state index in [2.05, 4.69) is 5.32 Å². The predicted molar refractivity (Wildman–Crippen MR) is 96.6 cm³/mol. The van der Waals surface area contributed by atoms with E-state index in [0.29, 0.717) is 13.1 Å². The molecule has 1 atom stereocenters. The molecule has 0 aliphatic carbocycles. The molecule has 0 bridgehead atoms. The van der Waals surface area contributed by atoms with Crippen LogP contribution in [0.15, 0.2) is 18.2 Å². The Labute approximate surface area is 153 Å². The van der Waals surface area contributed by atoms with Crippen LogP contribution in [0.1, 0.15) is 32.8 Å². The Hall–Kier alpha value is -2.15.